The third kappa shape index (κ3) is 3.35. The van der Waals surface area contributed by atoms with Crippen LogP contribution in [0.15, 0.2) is 18.2 Å². The maximum absolute atomic E-state index is 12.3. The molecule has 3 unspecified atom stereocenters. The Kier molecular flexibility index (Phi) is 4.96. The summed E-state index contributed by atoms with van der Waals surface area (Å²) in [5.41, 5.74) is 7.69. The van der Waals surface area contributed by atoms with E-state index in [-0.39, 0.29) is 11.4 Å². The highest BCUT2D eigenvalue weighted by molar-refractivity contribution is 7.84. The molecule has 5 heteroatoms. The monoisotopic (exact) mass is 283 g/mol. The molecule has 106 valence electrons. The van der Waals surface area contributed by atoms with Crippen molar-refractivity contribution in [1.29, 1.82) is 0 Å². The molecule has 0 saturated carbocycles. The first-order valence-corrected chi connectivity index (χ1v) is 7.88. The zero-order chi connectivity index (χ0) is 13.8. The Hall–Kier alpha value is -0.910. The van der Waals surface area contributed by atoms with Crippen LogP contribution >= 0.6 is 0 Å². The van der Waals surface area contributed by atoms with Crippen molar-refractivity contribution in [3.8, 4) is 5.75 Å². The van der Waals surface area contributed by atoms with Crippen molar-refractivity contribution in [3.63, 3.8) is 0 Å². The lowest BCUT2D eigenvalue weighted by atomic mass is 10.1. The van der Waals surface area contributed by atoms with E-state index in [0.29, 0.717) is 18.9 Å². The van der Waals surface area contributed by atoms with Crippen molar-refractivity contribution in [2.75, 3.05) is 13.7 Å². The Morgan fingerprint density at radius 2 is 2.32 bits per heavy atom. The Morgan fingerprint density at radius 3 is 2.89 bits per heavy atom. The minimum absolute atomic E-state index is 0.0908. The molecule has 1 aromatic rings. The third-order valence-corrected chi connectivity index (χ3v) is 5.43. The highest BCUT2D eigenvalue weighted by atomic mass is 32.2. The van der Waals surface area contributed by atoms with Gasteiger partial charge in [-0.15, -0.1) is 0 Å². The van der Waals surface area contributed by atoms with Crippen molar-refractivity contribution in [3.05, 3.63) is 29.3 Å². The number of hydrogen-bond donors (Lipinski definition) is 1. The van der Waals surface area contributed by atoms with Gasteiger partial charge < -0.3 is 15.2 Å². The lowest BCUT2D eigenvalue weighted by molar-refractivity contribution is 0.127. The fourth-order valence-corrected chi connectivity index (χ4v) is 4.00. The van der Waals surface area contributed by atoms with Crippen molar-refractivity contribution in [2.45, 2.75) is 37.0 Å². The molecule has 2 N–H and O–H groups in total. The summed E-state index contributed by atoms with van der Waals surface area (Å²) in [6.07, 6.45) is 0.973. The van der Waals surface area contributed by atoms with Gasteiger partial charge in [0.05, 0.1) is 18.5 Å². The number of methoxy groups -OCH3 is 1. The highest BCUT2D eigenvalue weighted by Crippen LogP contribution is 2.24. The van der Waals surface area contributed by atoms with Gasteiger partial charge in [-0.05, 0) is 31.0 Å². The van der Waals surface area contributed by atoms with Gasteiger partial charge in [-0.25, -0.2) is 0 Å². The Labute approximate surface area is 116 Å². The minimum Gasteiger partial charge on any atom is -0.496 e. The summed E-state index contributed by atoms with van der Waals surface area (Å²) in [6, 6.07) is 5.83. The van der Waals surface area contributed by atoms with E-state index < -0.39 is 10.8 Å². The van der Waals surface area contributed by atoms with Crippen LogP contribution in [0.2, 0.25) is 0 Å². The van der Waals surface area contributed by atoms with Gasteiger partial charge in [-0.2, -0.15) is 0 Å². The molecule has 0 aromatic heterocycles. The van der Waals surface area contributed by atoms with E-state index in [9.17, 15) is 4.21 Å². The third-order valence-electron chi connectivity index (χ3n) is 3.52. The van der Waals surface area contributed by atoms with Gasteiger partial charge in [-0.3, -0.25) is 4.21 Å². The zero-order valence-electron chi connectivity index (χ0n) is 11.4. The van der Waals surface area contributed by atoms with Crippen molar-refractivity contribution >= 4 is 10.8 Å². The summed E-state index contributed by atoms with van der Waals surface area (Å²) >= 11 is 0. The molecular weight excluding hydrogens is 262 g/mol. The van der Waals surface area contributed by atoms with E-state index in [1.165, 1.54) is 0 Å². The Morgan fingerprint density at radius 1 is 1.53 bits per heavy atom. The molecule has 0 radical (unpaired) electrons. The SMILES string of the molecule is COc1ccc(CS(=O)C2CCOC2C)cc1CN. The molecule has 0 spiro atoms. The van der Waals surface area contributed by atoms with Gasteiger partial charge >= 0.3 is 0 Å². The van der Waals surface area contributed by atoms with Crippen LogP contribution in [0.3, 0.4) is 0 Å². The number of rotatable bonds is 5. The molecule has 1 aromatic carbocycles. The quantitative estimate of drug-likeness (QED) is 0.891. The van der Waals surface area contributed by atoms with E-state index in [0.717, 1.165) is 23.3 Å². The van der Waals surface area contributed by atoms with Crippen LogP contribution in [0, 0.1) is 0 Å². The van der Waals surface area contributed by atoms with Gasteiger partial charge in [0.15, 0.2) is 0 Å². The largest absolute Gasteiger partial charge is 0.496 e. The number of benzene rings is 1. The van der Waals surface area contributed by atoms with E-state index in [2.05, 4.69) is 0 Å². The van der Waals surface area contributed by atoms with Gasteiger partial charge in [0.2, 0.25) is 0 Å². The second kappa shape index (κ2) is 6.50. The van der Waals surface area contributed by atoms with Crippen LogP contribution in [0.5, 0.6) is 5.75 Å². The normalized spacial score (nSPS) is 24.4. The molecular formula is C14H21NO3S. The number of nitrogens with two attached hydrogens (primary N) is 1. The molecule has 1 heterocycles. The molecule has 1 saturated heterocycles. The fourth-order valence-electron chi connectivity index (χ4n) is 2.41. The molecule has 0 aliphatic carbocycles. The molecule has 2 rings (SSSR count). The predicted octanol–water partition coefficient (Wildman–Crippen LogP) is 1.58. The van der Waals surface area contributed by atoms with Crippen LogP contribution in [-0.4, -0.2) is 29.3 Å². The first-order chi connectivity index (χ1) is 9.15. The van der Waals surface area contributed by atoms with Crippen molar-refractivity contribution in [1.82, 2.24) is 0 Å². The molecule has 0 amide bonds. The molecule has 1 aliphatic heterocycles. The van der Waals surface area contributed by atoms with Crippen molar-refractivity contribution < 1.29 is 13.7 Å². The van der Waals surface area contributed by atoms with Crippen LogP contribution in [-0.2, 0) is 27.8 Å². The summed E-state index contributed by atoms with van der Waals surface area (Å²) in [5, 5.41) is 0.142. The smallest absolute Gasteiger partial charge is 0.123 e. The van der Waals surface area contributed by atoms with Gasteiger partial charge in [0, 0.05) is 35.3 Å². The van der Waals surface area contributed by atoms with E-state index >= 15 is 0 Å². The maximum Gasteiger partial charge on any atom is 0.123 e. The Bertz CT molecular complexity index is 464. The lowest BCUT2D eigenvalue weighted by Gasteiger charge is -2.14. The van der Waals surface area contributed by atoms with Crippen LogP contribution in [0.25, 0.3) is 0 Å². The van der Waals surface area contributed by atoms with Crippen LogP contribution in [0.4, 0.5) is 0 Å². The molecule has 3 atom stereocenters. The average molecular weight is 283 g/mol. The summed E-state index contributed by atoms with van der Waals surface area (Å²) < 4.78 is 23.1. The number of ether oxygens (including phenoxy) is 2. The first-order valence-electron chi connectivity index (χ1n) is 6.50. The average Bonchev–Trinajstić information content (AvgIpc) is 2.85. The van der Waals surface area contributed by atoms with Crippen LogP contribution in [0.1, 0.15) is 24.5 Å². The lowest BCUT2D eigenvalue weighted by Crippen LogP contribution is -2.24. The topological polar surface area (TPSA) is 61.5 Å². The van der Waals surface area contributed by atoms with Crippen molar-refractivity contribution in [2.24, 2.45) is 5.73 Å². The predicted molar refractivity (Wildman–Crippen MR) is 76.6 cm³/mol. The zero-order valence-corrected chi connectivity index (χ0v) is 12.2. The summed E-state index contributed by atoms with van der Waals surface area (Å²) in [7, 11) is 0.727. The first kappa shape index (κ1) is 14.5. The van der Waals surface area contributed by atoms with Gasteiger partial charge in [0.25, 0.3) is 0 Å². The van der Waals surface area contributed by atoms with E-state index in [1.54, 1.807) is 7.11 Å². The molecule has 0 bridgehead atoms. The molecule has 4 nitrogen and oxygen atoms in total. The molecule has 1 aliphatic rings. The summed E-state index contributed by atoms with van der Waals surface area (Å²) in [4.78, 5) is 0. The molecule has 19 heavy (non-hydrogen) atoms. The minimum atomic E-state index is -0.902. The summed E-state index contributed by atoms with van der Waals surface area (Å²) in [5.74, 6) is 1.34. The molecule has 1 fully saturated rings. The number of hydrogen-bond acceptors (Lipinski definition) is 4. The van der Waals surface area contributed by atoms with E-state index in [4.69, 9.17) is 15.2 Å². The van der Waals surface area contributed by atoms with E-state index in [1.807, 2.05) is 25.1 Å². The van der Waals surface area contributed by atoms with Gasteiger partial charge in [0.1, 0.15) is 5.75 Å². The maximum atomic E-state index is 12.3. The second-order valence-electron chi connectivity index (χ2n) is 4.78. The fraction of sp³-hybridized carbons (Fsp3) is 0.571. The van der Waals surface area contributed by atoms with Gasteiger partial charge in [-0.1, -0.05) is 6.07 Å². The highest BCUT2D eigenvalue weighted by Gasteiger charge is 2.29. The second-order valence-corrected chi connectivity index (χ2v) is 6.43. The summed E-state index contributed by atoms with van der Waals surface area (Å²) in [6.45, 7) is 3.13. The van der Waals surface area contributed by atoms with Crippen LogP contribution < -0.4 is 10.5 Å². The Balaban J connectivity index is 2.08. The standard InChI is InChI=1S/C14H21NO3S/c1-10-14(5-6-18-10)19(16)9-11-3-4-13(17-2)12(7-11)8-15/h3-4,7,10,14H,5-6,8-9,15H2,1-2H3.